The smallest absolute Gasteiger partial charge is 0.273 e. The molecule has 0 atom stereocenters. The van der Waals surface area contributed by atoms with Gasteiger partial charge in [-0.15, -0.1) is 0 Å². The second kappa shape index (κ2) is 12.2. The Morgan fingerprint density at radius 3 is 1.58 bits per heavy atom. The van der Waals surface area contributed by atoms with E-state index in [1.54, 1.807) is 0 Å². The molecule has 14 heteroatoms. The fraction of sp³-hybridized carbons (Fsp3) is 0.158. The maximum absolute atomic E-state index is 11.8. The third-order valence-electron chi connectivity index (χ3n) is 3.97. The van der Waals surface area contributed by atoms with Crippen LogP contribution in [0.3, 0.4) is 0 Å². The van der Waals surface area contributed by atoms with E-state index in [2.05, 4.69) is 21.1 Å². The summed E-state index contributed by atoms with van der Waals surface area (Å²) in [5.41, 5.74) is 4.19. The largest absolute Gasteiger partial charge is 0.278 e. The van der Waals surface area contributed by atoms with Crippen LogP contribution in [-0.2, 0) is 9.59 Å². The molecule has 0 aliphatic carbocycles. The Morgan fingerprint density at radius 2 is 1.21 bits per heavy atom. The summed E-state index contributed by atoms with van der Waals surface area (Å²) in [6.45, 7) is 0. The molecule has 0 heterocycles. The molecule has 2 N–H and O–H groups in total. The Bertz CT molecular complexity index is 1050. The highest BCUT2D eigenvalue weighted by Crippen LogP contribution is 2.21. The molecule has 0 saturated heterocycles. The molecule has 0 radical (unpaired) electrons. The van der Waals surface area contributed by atoms with Crippen molar-refractivity contribution in [3.63, 3.8) is 0 Å². The lowest BCUT2D eigenvalue weighted by atomic mass is 10.2. The number of rotatable bonds is 10. The number of nitrogens with one attached hydrogen (secondary N) is 2. The van der Waals surface area contributed by atoms with Gasteiger partial charge in [0.1, 0.15) is 0 Å². The number of nitro benzene ring substituents is 2. The Balaban J connectivity index is 1.78. The fourth-order valence-electron chi connectivity index (χ4n) is 2.46. The van der Waals surface area contributed by atoms with Crippen molar-refractivity contribution in [3.05, 3.63) is 77.8 Å². The predicted octanol–water partition coefficient (Wildman–Crippen LogP) is 3.58. The third-order valence-corrected chi connectivity index (χ3v) is 4.44. The number of amides is 2. The van der Waals surface area contributed by atoms with Crippen LogP contribution in [-0.4, -0.2) is 34.1 Å². The first-order valence-corrected chi connectivity index (χ1v) is 9.94. The molecule has 33 heavy (non-hydrogen) atoms. The summed E-state index contributed by atoms with van der Waals surface area (Å²) in [7, 11) is 0. The first-order chi connectivity index (χ1) is 15.7. The van der Waals surface area contributed by atoms with Gasteiger partial charge in [0.15, 0.2) is 0 Å². The Labute approximate surface area is 196 Å². The molecule has 2 aromatic rings. The lowest BCUT2D eigenvalue weighted by Crippen LogP contribution is -2.20. The van der Waals surface area contributed by atoms with Gasteiger partial charge in [-0.3, -0.25) is 29.8 Å². The van der Waals surface area contributed by atoms with E-state index in [0.29, 0.717) is 0 Å². The molecule has 0 bridgehead atoms. The van der Waals surface area contributed by atoms with Crippen LogP contribution in [0.4, 0.5) is 11.4 Å². The maximum Gasteiger partial charge on any atom is 0.278 e. The highest BCUT2D eigenvalue weighted by molar-refractivity contribution is 6.31. The van der Waals surface area contributed by atoms with E-state index in [1.807, 2.05) is 0 Å². The van der Waals surface area contributed by atoms with Crippen molar-refractivity contribution in [2.75, 3.05) is 0 Å². The molecule has 172 valence electrons. The van der Waals surface area contributed by atoms with Crippen LogP contribution in [0.25, 0.3) is 0 Å². The van der Waals surface area contributed by atoms with Crippen LogP contribution >= 0.6 is 23.2 Å². The highest BCUT2D eigenvalue weighted by atomic mass is 35.5. The van der Waals surface area contributed by atoms with Gasteiger partial charge in [-0.25, -0.2) is 10.9 Å². The van der Waals surface area contributed by atoms with Crippen molar-refractivity contribution in [1.82, 2.24) is 10.9 Å². The molecule has 0 aromatic heterocycles. The van der Waals surface area contributed by atoms with Gasteiger partial charge in [-0.05, 0) is 30.7 Å². The van der Waals surface area contributed by atoms with E-state index in [9.17, 15) is 29.8 Å². The van der Waals surface area contributed by atoms with Gasteiger partial charge in [-0.2, -0.15) is 10.2 Å². The van der Waals surface area contributed by atoms with E-state index in [-0.39, 0.29) is 51.8 Å². The van der Waals surface area contributed by atoms with Crippen molar-refractivity contribution < 1.29 is 19.4 Å². The third kappa shape index (κ3) is 8.27. The molecule has 0 unspecified atom stereocenters. The average Bonchev–Trinajstić information content (AvgIpc) is 2.73. The summed E-state index contributed by atoms with van der Waals surface area (Å²) in [6.07, 6.45) is 2.26. The van der Waals surface area contributed by atoms with Crippen LogP contribution in [0.5, 0.6) is 0 Å². The van der Waals surface area contributed by atoms with Crippen molar-refractivity contribution >= 4 is 58.8 Å². The van der Waals surface area contributed by atoms with Crippen molar-refractivity contribution in [2.24, 2.45) is 10.2 Å². The monoisotopic (exact) mass is 494 g/mol. The zero-order chi connectivity index (χ0) is 24.4. The number of halogens is 2. The Kier molecular flexibility index (Phi) is 9.39. The van der Waals surface area contributed by atoms with Gasteiger partial charge in [0.05, 0.1) is 33.4 Å². The van der Waals surface area contributed by atoms with Crippen LogP contribution in [0, 0.1) is 20.2 Å². The second-order valence-corrected chi connectivity index (χ2v) is 7.23. The zero-order valence-corrected chi connectivity index (χ0v) is 18.2. The highest BCUT2D eigenvalue weighted by Gasteiger charge is 2.13. The lowest BCUT2D eigenvalue weighted by molar-refractivity contribution is -0.385. The molecule has 0 spiro atoms. The number of carbonyl (C=O) groups excluding carboxylic acids is 2. The predicted molar refractivity (Wildman–Crippen MR) is 122 cm³/mol. The molecule has 0 saturated carbocycles. The minimum absolute atomic E-state index is 0.0497. The first-order valence-electron chi connectivity index (χ1n) is 9.19. The SMILES string of the molecule is O=C(CCCC(=O)N/N=C\c1cc(Cl)ccc1[N+](=O)[O-])N/N=C\c1cc(Cl)ccc1[N+](=O)[O-]. The van der Waals surface area contributed by atoms with Gasteiger partial charge in [0.25, 0.3) is 11.4 Å². The molecular formula is C19H16Cl2N6O6. The van der Waals surface area contributed by atoms with Gasteiger partial charge in [-0.1, -0.05) is 23.2 Å². The Morgan fingerprint density at radius 1 is 0.818 bits per heavy atom. The van der Waals surface area contributed by atoms with E-state index in [4.69, 9.17) is 23.2 Å². The number of carbonyl (C=O) groups is 2. The standard InChI is InChI=1S/C19H16Cl2N6O6/c20-14-4-6-16(26(30)31)12(8-14)10-22-24-18(28)2-1-3-19(29)25-23-11-13-9-15(21)5-7-17(13)27(32)33/h4-11H,1-3H2,(H,24,28)(H,25,29)/b22-10-,23-11-. The molecule has 12 nitrogen and oxygen atoms in total. The van der Waals surface area contributed by atoms with Crippen LogP contribution in [0.1, 0.15) is 30.4 Å². The summed E-state index contributed by atoms with van der Waals surface area (Å²) in [6, 6.07) is 7.83. The van der Waals surface area contributed by atoms with E-state index >= 15 is 0 Å². The fourth-order valence-corrected chi connectivity index (χ4v) is 2.82. The minimum atomic E-state index is -0.606. The van der Waals surface area contributed by atoms with Gasteiger partial charge >= 0.3 is 0 Å². The molecule has 0 fully saturated rings. The number of benzene rings is 2. The Hall–Kier alpha value is -3.90. The molecule has 2 aromatic carbocycles. The number of hydrazone groups is 2. The summed E-state index contributed by atoms with van der Waals surface area (Å²) in [5, 5.41) is 29.8. The molecule has 2 rings (SSSR count). The second-order valence-electron chi connectivity index (χ2n) is 6.36. The minimum Gasteiger partial charge on any atom is -0.273 e. The summed E-state index contributed by atoms with van der Waals surface area (Å²) in [4.78, 5) is 44.4. The number of nitro groups is 2. The van der Waals surface area contributed by atoms with Crippen molar-refractivity contribution in [2.45, 2.75) is 19.3 Å². The lowest BCUT2D eigenvalue weighted by Gasteiger charge is -2.01. The van der Waals surface area contributed by atoms with Crippen molar-refractivity contribution in [3.8, 4) is 0 Å². The summed E-state index contributed by atoms with van der Waals surface area (Å²) in [5.74, 6) is -1.02. The number of hydrogen-bond acceptors (Lipinski definition) is 8. The first kappa shape index (κ1) is 25.4. The number of hydrogen-bond donors (Lipinski definition) is 2. The van der Waals surface area contributed by atoms with Crippen molar-refractivity contribution in [1.29, 1.82) is 0 Å². The van der Waals surface area contributed by atoms with E-state index < -0.39 is 21.7 Å². The zero-order valence-electron chi connectivity index (χ0n) is 16.7. The average molecular weight is 495 g/mol. The normalized spacial score (nSPS) is 11.0. The topological polar surface area (TPSA) is 169 Å². The van der Waals surface area contributed by atoms with Crippen LogP contribution < -0.4 is 10.9 Å². The molecule has 0 aliphatic heterocycles. The van der Waals surface area contributed by atoms with Gasteiger partial charge in [0, 0.05) is 35.0 Å². The van der Waals surface area contributed by atoms with Gasteiger partial charge in [0.2, 0.25) is 11.8 Å². The molecule has 0 aliphatic rings. The quantitative estimate of drug-likeness (QED) is 0.290. The van der Waals surface area contributed by atoms with E-state index in [0.717, 1.165) is 12.4 Å². The van der Waals surface area contributed by atoms with Gasteiger partial charge < -0.3 is 0 Å². The maximum atomic E-state index is 11.8. The van der Waals surface area contributed by atoms with Crippen LogP contribution in [0.2, 0.25) is 10.0 Å². The number of nitrogens with zero attached hydrogens (tertiary/aromatic N) is 4. The molecule has 2 amide bonds. The summed E-state index contributed by atoms with van der Waals surface area (Å²) >= 11 is 11.6. The van der Waals surface area contributed by atoms with E-state index in [1.165, 1.54) is 36.4 Å². The van der Waals surface area contributed by atoms with Crippen LogP contribution in [0.15, 0.2) is 46.6 Å². The molecular weight excluding hydrogens is 479 g/mol. The summed E-state index contributed by atoms with van der Waals surface area (Å²) < 4.78 is 0.